The van der Waals surface area contributed by atoms with Crippen LogP contribution >= 0.6 is 11.3 Å². The van der Waals surface area contributed by atoms with Crippen LogP contribution in [0, 0.1) is 6.92 Å². The van der Waals surface area contributed by atoms with Crippen LogP contribution in [0.3, 0.4) is 0 Å². The van der Waals surface area contributed by atoms with E-state index < -0.39 is 23.6 Å². The molecule has 1 amide bonds. The molecule has 0 aliphatic carbocycles. The second-order valence-corrected chi connectivity index (χ2v) is 5.27. The average molecular weight is 330 g/mol. The number of carboxylic acids is 1. The Kier molecular flexibility index (Phi) is 4.18. The van der Waals surface area contributed by atoms with Gasteiger partial charge in [-0.05, 0) is 31.2 Å². The minimum atomic E-state index is -4.47. The number of hydrogen-bond donors (Lipinski definition) is 2. The zero-order valence-corrected chi connectivity index (χ0v) is 11.9. The lowest BCUT2D eigenvalue weighted by molar-refractivity contribution is -0.137. The number of aromatic carboxylic acids is 1. The van der Waals surface area contributed by atoms with Gasteiger partial charge in [0.05, 0.1) is 11.3 Å². The van der Waals surface area contributed by atoms with E-state index in [0.717, 1.165) is 35.6 Å². The van der Waals surface area contributed by atoms with Crippen molar-refractivity contribution in [1.29, 1.82) is 0 Å². The highest BCUT2D eigenvalue weighted by molar-refractivity contribution is 7.17. The van der Waals surface area contributed by atoms with Crippen LogP contribution in [-0.4, -0.2) is 22.0 Å². The van der Waals surface area contributed by atoms with Crippen molar-refractivity contribution in [2.24, 2.45) is 0 Å². The Morgan fingerprint density at radius 3 is 2.27 bits per heavy atom. The van der Waals surface area contributed by atoms with E-state index in [1.54, 1.807) is 0 Å². The van der Waals surface area contributed by atoms with Gasteiger partial charge < -0.3 is 5.11 Å². The van der Waals surface area contributed by atoms with Crippen LogP contribution in [0.2, 0.25) is 0 Å². The number of halogens is 3. The van der Waals surface area contributed by atoms with Gasteiger partial charge in [-0.1, -0.05) is 11.3 Å². The minimum Gasteiger partial charge on any atom is -0.477 e. The van der Waals surface area contributed by atoms with Crippen molar-refractivity contribution in [2.45, 2.75) is 13.1 Å². The fraction of sp³-hybridized carbons (Fsp3) is 0.154. The highest BCUT2D eigenvalue weighted by Gasteiger charge is 2.30. The molecule has 2 rings (SSSR count). The molecule has 0 saturated heterocycles. The molecular weight excluding hydrogens is 321 g/mol. The zero-order valence-electron chi connectivity index (χ0n) is 11.1. The Morgan fingerprint density at radius 2 is 1.82 bits per heavy atom. The summed E-state index contributed by atoms with van der Waals surface area (Å²) in [5.74, 6) is -1.83. The standard InChI is InChI=1S/C13H9F3N2O3S/c1-6-9(11(20)21)22-12(17-6)18-10(19)7-2-4-8(5-3-7)13(14,15)16/h2-5H,1H3,(H,20,21)(H,17,18,19). The van der Waals surface area contributed by atoms with E-state index in [-0.39, 0.29) is 21.3 Å². The first-order chi connectivity index (χ1) is 10.2. The predicted molar refractivity (Wildman–Crippen MR) is 73.2 cm³/mol. The maximum Gasteiger partial charge on any atom is 0.416 e. The maximum absolute atomic E-state index is 12.4. The third-order valence-corrected chi connectivity index (χ3v) is 3.75. The SMILES string of the molecule is Cc1nc(NC(=O)c2ccc(C(F)(F)F)cc2)sc1C(=O)O. The number of nitrogens with zero attached hydrogens (tertiary/aromatic N) is 1. The summed E-state index contributed by atoms with van der Waals surface area (Å²) in [4.78, 5) is 26.6. The molecule has 1 heterocycles. The molecular formula is C13H9F3N2O3S. The van der Waals surface area contributed by atoms with E-state index in [0.29, 0.717) is 0 Å². The highest BCUT2D eigenvalue weighted by Crippen LogP contribution is 2.29. The maximum atomic E-state index is 12.4. The Balaban J connectivity index is 2.16. The third kappa shape index (κ3) is 3.42. The molecule has 0 saturated carbocycles. The molecule has 116 valence electrons. The predicted octanol–water partition coefficient (Wildman–Crippen LogP) is 3.42. The molecule has 22 heavy (non-hydrogen) atoms. The number of benzene rings is 1. The van der Waals surface area contributed by atoms with Crippen LogP contribution in [0.4, 0.5) is 18.3 Å². The molecule has 5 nitrogen and oxygen atoms in total. The van der Waals surface area contributed by atoms with Crippen molar-refractivity contribution in [3.8, 4) is 0 Å². The number of carbonyl (C=O) groups is 2. The molecule has 2 aromatic rings. The number of carboxylic acid groups (broad SMARTS) is 1. The zero-order chi connectivity index (χ0) is 16.5. The lowest BCUT2D eigenvalue weighted by atomic mass is 10.1. The monoisotopic (exact) mass is 330 g/mol. The summed E-state index contributed by atoms with van der Waals surface area (Å²) in [6, 6.07) is 3.67. The summed E-state index contributed by atoms with van der Waals surface area (Å²) in [5, 5.41) is 11.3. The summed E-state index contributed by atoms with van der Waals surface area (Å²) in [6.45, 7) is 1.48. The normalized spacial score (nSPS) is 11.3. The van der Waals surface area contributed by atoms with Gasteiger partial charge in [0.2, 0.25) is 0 Å². The molecule has 0 atom stereocenters. The number of alkyl halides is 3. The average Bonchev–Trinajstić information content (AvgIpc) is 2.79. The first kappa shape index (κ1) is 16.0. The van der Waals surface area contributed by atoms with Crippen molar-refractivity contribution < 1.29 is 27.9 Å². The van der Waals surface area contributed by atoms with E-state index in [4.69, 9.17) is 5.11 Å². The lowest BCUT2D eigenvalue weighted by Gasteiger charge is -2.07. The number of nitrogens with one attached hydrogen (secondary N) is 1. The second kappa shape index (κ2) is 5.76. The van der Waals surface area contributed by atoms with Gasteiger partial charge in [-0.15, -0.1) is 0 Å². The number of carbonyl (C=O) groups excluding carboxylic acids is 1. The second-order valence-electron chi connectivity index (χ2n) is 4.27. The molecule has 0 spiro atoms. The molecule has 0 fully saturated rings. The summed E-state index contributed by atoms with van der Waals surface area (Å²) < 4.78 is 37.3. The van der Waals surface area contributed by atoms with Gasteiger partial charge in [-0.25, -0.2) is 9.78 Å². The van der Waals surface area contributed by atoms with E-state index in [9.17, 15) is 22.8 Å². The summed E-state index contributed by atoms with van der Waals surface area (Å²) in [7, 11) is 0. The van der Waals surface area contributed by atoms with Crippen LogP contribution in [0.1, 0.15) is 31.3 Å². The number of aryl methyl sites for hydroxylation is 1. The quantitative estimate of drug-likeness (QED) is 0.904. The van der Waals surface area contributed by atoms with Gasteiger partial charge in [0.1, 0.15) is 4.88 Å². The first-order valence-electron chi connectivity index (χ1n) is 5.88. The van der Waals surface area contributed by atoms with E-state index >= 15 is 0 Å². The Labute approximate surface area is 126 Å². The van der Waals surface area contributed by atoms with Crippen LogP contribution in [-0.2, 0) is 6.18 Å². The lowest BCUT2D eigenvalue weighted by Crippen LogP contribution is -2.12. The largest absolute Gasteiger partial charge is 0.477 e. The molecule has 0 aliphatic heterocycles. The minimum absolute atomic E-state index is 0.0114. The van der Waals surface area contributed by atoms with Crippen LogP contribution in [0.25, 0.3) is 0 Å². The first-order valence-corrected chi connectivity index (χ1v) is 6.69. The Bertz CT molecular complexity index is 723. The number of hydrogen-bond acceptors (Lipinski definition) is 4. The van der Waals surface area contributed by atoms with Crippen LogP contribution in [0.15, 0.2) is 24.3 Å². The summed E-state index contributed by atoms with van der Waals surface area (Å²) >= 11 is 0.775. The molecule has 0 bridgehead atoms. The molecule has 2 N–H and O–H groups in total. The molecule has 1 aromatic carbocycles. The van der Waals surface area contributed by atoms with Gasteiger partial charge in [0.15, 0.2) is 5.13 Å². The van der Waals surface area contributed by atoms with Gasteiger partial charge in [-0.2, -0.15) is 13.2 Å². The Morgan fingerprint density at radius 1 is 1.23 bits per heavy atom. The number of aromatic nitrogens is 1. The van der Waals surface area contributed by atoms with Gasteiger partial charge in [-0.3, -0.25) is 10.1 Å². The molecule has 0 unspecified atom stereocenters. The van der Waals surface area contributed by atoms with Gasteiger partial charge in [0, 0.05) is 5.56 Å². The van der Waals surface area contributed by atoms with Crippen molar-refractivity contribution in [1.82, 2.24) is 4.98 Å². The van der Waals surface area contributed by atoms with Gasteiger partial charge in [0.25, 0.3) is 5.91 Å². The van der Waals surface area contributed by atoms with Gasteiger partial charge >= 0.3 is 12.1 Å². The number of anilines is 1. The molecule has 1 aromatic heterocycles. The van der Waals surface area contributed by atoms with E-state index in [1.165, 1.54) is 6.92 Å². The molecule has 0 radical (unpaired) electrons. The van der Waals surface area contributed by atoms with Crippen molar-refractivity contribution in [2.75, 3.05) is 5.32 Å². The van der Waals surface area contributed by atoms with Crippen molar-refractivity contribution >= 4 is 28.3 Å². The summed E-state index contributed by atoms with van der Waals surface area (Å²) in [6.07, 6.45) is -4.47. The fourth-order valence-corrected chi connectivity index (χ4v) is 2.43. The highest BCUT2D eigenvalue weighted by atomic mass is 32.1. The third-order valence-electron chi connectivity index (χ3n) is 2.69. The van der Waals surface area contributed by atoms with Crippen molar-refractivity contribution in [3.63, 3.8) is 0 Å². The van der Waals surface area contributed by atoms with E-state index in [2.05, 4.69) is 10.3 Å². The number of thiazole rings is 1. The topological polar surface area (TPSA) is 79.3 Å². The fourth-order valence-electron chi connectivity index (χ4n) is 1.63. The smallest absolute Gasteiger partial charge is 0.416 e. The van der Waals surface area contributed by atoms with Crippen molar-refractivity contribution in [3.05, 3.63) is 46.0 Å². The summed E-state index contributed by atoms with van der Waals surface area (Å²) in [5.41, 5.74) is -0.597. The van der Waals surface area contributed by atoms with Crippen LogP contribution < -0.4 is 5.32 Å². The van der Waals surface area contributed by atoms with Crippen LogP contribution in [0.5, 0.6) is 0 Å². The number of amides is 1. The molecule has 0 aliphatic rings. The van der Waals surface area contributed by atoms with E-state index in [1.807, 2.05) is 0 Å². The Hall–Kier alpha value is -2.42. The molecule has 9 heteroatoms. The number of rotatable bonds is 3.